The third kappa shape index (κ3) is 0.454. The zero-order chi connectivity index (χ0) is 5.84. The van der Waals surface area contributed by atoms with E-state index in [1.807, 2.05) is 0 Å². The van der Waals surface area contributed by atoms with Crippen molar-refractivity contribution >= 4 is 0 Å². The fraction of sp³-hybridized carbons (Fsp3) is 1.00. The third-order valence-electron chi connectivity index (χ3n) is 3.54. The molecular weight excluding hydrogens is 110 g/mol. The highest BCUT2D eigenvalue weighted by molar-refractivity contribution is 5.07. The number of rotatable bonds is 0. The van der Waals surface area contributed by atoms with Crippen LogP contribution in [-0.4, -0.2) is 12.1 Å². The summed E-state index contributed by atoms with van der Waals surface area (Å²) in [4.78, 5) is 0. The van der Waals surface area contributed by atoms with Gasteiger partial charge in [-0.25, -0.2) is 0 Å². The van der Waals surface area contributed by atoms with Crippen LogP contribution in [0.5, 0.6) is 0 Å². The van der Waals surface area contributed by atoms with Crippen molar-refractivity contribution in [2.24, 2.45) is 11.8 Å². The summed E-state index contributed by atoms with van der Waals surface area (Å²) in [6, 6.07) is 1.92. The lowest BCUT2D eigenvalue weighted by molar-refractivity contribution is -0.0112. The van der Waals surface area contributed by atoms with Gasteiger partial charge in [-0.05, 0) is 37.5 Å². The summed E-state index contributed by atoms with van der Waals surface area (Å²) >= 11 is 0. The van der Waals surface area contributed by atoms with Crippen molar-refractivity contribution in [3.05, 3.63) is 0 Å². The second-order valence-corrected chi connectivity index (χ2v) is 3.96. The summed E-state index contributed by atoms with van der Waals surface area (Å²) in [6.45, 7) is 0. The van der Waals surface area contributed by atoms with Gasteiger partial charge in [-0.1, -0.05) is 0 Å². The van der Waals surface area contributed by atoms with E-state index in [0.29, 0.717) is 0 Å². The van der Waals surface area contributed by atoms with E-state index < -0.39 is 0 Å². The SMILES string of the molecule is C1CC2C3CC1CC2N3. The molecule has 2 saturated heterocycles. The third-order valence-corrected chi connectivity index (χ3v) is 3.54. The summed E-state index contributed by atoms with van der Waals surface area (Å²) < 4.78 is 0. The van der Waals surface area contributed by atoms with Gasteiger partial charge in [0.15, 0.2) is 0 Å². The molecule has 1 N–H and O–H groups in total. The van der Waals surface area contributed by atoms with Crippen molar-refractivity contribution in [2.45, 2.75) is 37.8 Å². The highest BCUT2D eigenvalue weighted by atomic mass is 15.1. The lowest BCUT2D eigenvalue weighted by Crippen LogP contribution is -2.68. The summed E-state index contributed by atoms with van der Waals surface area (Å²) in [5.41, 5.74) is 0. The quantitative estimate of drug-likeness (QED) is 0.509. The van der Waals surface area contributed by atoms with Crippen LogP contribution in [0.1, 0.15) is 25.7 Å². The largest absolute Gasteiger partial charge is 0.311 e. The maximum Gasteiger partial charge on any atom is 0.0115 e. The van der Waals surface area contributed by atoms with Crippen LogP contribution < -0.4 is 5.32 Å². The van der Waals surface area contributed by atoms with Crippen LogP contribution in [0.3, 0.4) is 0 Å². The van der Waals surface area contributed by atoms with Crippen molar-refractivity contribution in [2.75, 3.05) is 0 Å². The molecule has 2 atom stereocenters. The Labute approximate surface area is 55.8 Å². The minimum Gasteiger partial charge on any atom is -0.311 e. The molecule has 4 bridgehead atoms. The topological polar surface area (TPSA) is 12.0 Å². The summed E-state index contributed by atoms with van der Waals surface area (Å²) in [7, 11) is 0. The minimum absolute atomic E-state index is 0.961. The first-order valence-corrected chi connectivity index (χ1v) is 4.19. The molecule has 0 amide bonds. The van der Waals surface area contributed by atoms with Gasteiger partial charge >= 0.3 is 0 Å². The molecule has 0 aromatic carbocycles. The molecule has 2 unspecified atom stereocenters. The molecule has 5 rings (SSSR count). The van der Waals surface area contributed by atoms with Gasteiger partial charge in [-0.2, -0.15) is 0 Å². The van der Waals surface area contributed by atoms with Crippen molar-refractivity contribution in [3.8, 4) is 0 Å². The molecule has 3 aliphatic carbocycles. The van der Waals surface area contributed by atoms with E-state index in [1.165, 1.54) is 19.3 Å². The number of fused-ring (bicyclic) bond motifs is 1. The smallest absolute Gasteiger partial charge is 0.0115 e. The van der Waals surface area contributed by atoms with Gasteiger partial charge in [0.25, 0.3) is 0 Å². The van der Waals surface area contributed by atoms with Crippen molar-refractivity contribution in [3.63, 3.8) is 0 Å². The molecule has 1 heteroatoms. The Morgan fingerprint density at radius 2 is 1.78 bits per heavy atom. The first-order chi connectivity index (χ1) is 4.43. The Morgan fingerprint density at radius 1 is 1.00 bits per heavy atom. The Hall–Kier alpha value is -0.0400. The van der Waals surface area contributed by atoms with E-state index in [0.717, 1.165) is 23.9 Å². The van der Waals surface area contributed by atoms with E-state index >= 15 is 0 Å². The molecular formula is C8H13N. The van der Waals surface area contributed by atoms with E-state index in [9.17, 15) is 0 Å². The lowest BCUT2D eigenvalue weighted by atomic mass is 9.59. The first kappa shape index (κ1) is 4.73. The van der Waals surface area contributed by atoms with E-state index in [2.05, 4.69) is 5.32 Å². The van der Waals surface area contributed by atoms with Crippen LogP contribution >= 0.6 is 0 Å². The molecule has 5 fully saturated rings. The molecule has 2 aliphatic heterocycles. The average Bonchev–Trinajstić information content (AvgIpc) is 1.88. The van der Waals surface area contributed by atoms with Gasteiger partial charge in [-0.3, -0.25) is 0 Å². The van der Waals surface area contributed by atoms with Gasteiger partial charge in [0.1, 0.15) is 0 Å². The molecule has 0 radical (unpaired) electrons. The zero-order valence-corrected chi connectivity index (χ0v) is 5.64. The Kier molecular flexibility index (Phi) is 0.704. The normalized spacial score (nSPS) is 61.3. The van der Waals surface area contributed by atoms with E-state index in [-0.39, 0.29) is 0 Å². The highest BCUT2D eigenvalue weighted by Gasteiger charge is 2.49. The summed E-state index contributed by atoms with van der Waals surface area (Å²) in [6.07, 6.45) is 6.08. The number of hydrogen-bond donors (Lipinski definition) is 1. The minimum atomic E-state index is 0.961. The molecule has 3 saturated carbocycles. The fourth-order valence-electron chi connectivity index (χ4n) is 3.05. The van der Waals surface area contributed by atoms with Gasteiger partial charge in [0.2, 0.25) is 0 Å². The first-order valence-electron chi connectivity index (χ1n) is 4.19. The van der Waals surface area contributed by atoms with E-state index in [4.69, 9.17) is 0 Å². The van der Waals surface area contributed by atoms with Gasteiger partial charge in [0, 0.05) is 12.1 Å². The average molecular weight is 123 g/mol. The molecule has 1 nitrogen and oxygen atoms in total. The Bertz CT molecular complexity index is 128. The second kappa shape index (κ2) is 1.34. The maximum atomic E-state index is 3.61. The number of piperidine rings is 1. The van der Waals surface area contributed by atoms with Crippen molar-refractivity contribution in [1.29, 1.82) is 0 Å². The molecule has 0 aromatic rings. The van der Waals surface area contributed by atoms with Crippen LogP contribution in [0.15, 0.2) is 0 Å². The fourth-order valence-corrected chi connectivity index (χ4v) is 3.05. The monoisotopic (exact) mass is 123 g/mol. The van der Waals surface area contributed by atoms with Gasteiger partial charge in [0.05, 0.1) is 0 Å². The standard InChI is InChI=1S/C8H13N/c1-2-6-7-3-5(1)4-8(6)9-7/h5-9H,1-4H2. The molecule has 50 valence electrons. The van der Waals surface area contributed by atoms with Crippen molar-refractivity contribution < 1.29 is 0 Å². The predicted octanol–water partition coefficient (Wildman–Crippen LogP) is 1.15. The van der Waals surface area contributed by atoms with Crippen LogP contribution in [0, 0.1) is 11.8 Å². The van der Waals surface area contributed by atoms with Gasteiger partial charge in [-0.15, -0.1) is 0 Å². The maximum absolute atomic E-state index is 3.61. The molecule has 0 aromatic heterocycles. The number of hydrogen-bond acceptors (Lipinski definition) is 1. The van der Waals surface area contributed by atoms with Crippen LogP contribution in [0.25, 0.3) is 0 Å². The second-order valence-electron chi connectivity index (χ2n) is 3.96. The Morgan fingerprint density at radius 3 is 2.11 bits per heavy atom. The van der Waals surface area contributed by atoms with Crippen LogP contribution in [0.4, 0.5) is 0 Å². The molecule has 0 spiro atoms. The van der Waals surface area contributed by atoms with Gasteiger partial charge < -0.3 is 5.32 Å². The lowest BCUT2D eigenvalue weighted by Gasteiger charge is -2.58. The Balaban J connectivity index is 1.93. The molecule has 5 aliphatic rings. The summed E-state index contributed by atoms with van der Waals surface area (Å²) in [5, 5.41) is 3.61. The highest BCUT2D eigenvalue weighted by Crippen LogP contribution is 2.47. The zero-order valence-electron chi connectivity index (χ0n) is 5.64. The van der Waals surface area contributed by atoms with Crippen molar-refractivity contribution in [1.82, 2.24) is 5.32 Å². The predicted molar refractivity (Wildman–Crippen MR) is 36.2 cm³/mol. The summed E-state index contributed by atoms with van der Waals surface area (Å²) in [5.74, 6) is 2.22. The molecule has 9 heavy (non-hydrogen) atoms. The van der Waals surface area contributed by atoms with E-state index in [1.54, 1.807) is 6.42 Å². The van der Waals surface area contributed by atoms with Crippen LogP contribution in [-0.2, 0) is 0 Å². The number of nitrogens with one attached hydrogen (secondary N) is 1. The van der Waals surface area contributed by atoms with Crippen LogP contribution in [0.2, 0.25) is 0 Å². The molecule has 2 heterocycles.